The molecule has 1 atom stereocenters. The fraction of sp³-hybridized carbons (Fsp3) is 0.0952. The summed E-state index contributed by atoms with van der Waals surface area (Å²) in [6.45, 7) is 2.01. The van der Waals surface area contributed by atoms with Crippen molar-refractivity contribution in [3.8, 4) is 11.1 Å². The van der Waals surface area contributed by atoms with Crippen molar-refractivity contribution in [2.24, 2.45) is 0 Å². The van der Waals surface area contributed by atoms with Crippen molar-refractivity contribution in [1.82, 2.24) is 29.9 Å². The van der Waals surface area contributed by atoms with Crippen LogP contribution in [0.4, 0.5) is 5.82 Å². The van der Waals surface area contributed by atoms with E-state index in [1.807, 2.05) is 49.5 Å². The van der Waals surface area contributed by atoms with Crippen LogP contribution in [0, 0.1) is 0 Å². The highest BCUT2D eigenvalue weighted by Gasteiger charge is 2.16. The van der Waals surface area contributed by atoms with Crippen molar-refractivity contribution >= 4 is 39.4 Å². The zero-order valence-electron chi connectivity index (χ0n) is 15.5. The van der Waals surface area contributed by atoms with Gasteiger partial charge in [-0.25, -0.2) is 19.9 Å². The van der Waals surface area contributed by atoms with Crippen molar-refractivity contribution in [2.45, 2.75) is 13.0 Å². The molecule has 0 aliphatic rings. The number of benzene rings is 1. The second-order valence-corrected chi connectivity index (χ2v) is 7.03. The van der Waals surface area contributed by atoms with Crippen LogP contribution in [0.1, 0.15) is 18.7 Å². The number of pyridine rings is 2. The summed E-state index contributed by atoms with van der Waals surface area (Å²) in [5.41, 5.74) is 4.20. The third-order valence-electron chi connectivity index (χ3n) is 4.83. The predicted octanol–water partition coefficient (Wildman–Crippen LogP) is 4.79. The minimum Gasteiger partial charge on any atom is -0.360 e. The van der Waals surface area contributed by atoms with Crippen LogP contribution in [-0.2, 0) is 0 Å². The molecule has 7 nitrogen and oxygen atoms in total. The first kappa shape index (κ1) is 17.5. The lowest BCUT2D eigenvalue weighted by Gasteiger charge is -2.16. The molecule has 1 unspecified atom stereocenters. The number of H-pyrrole nitrogens is 1. The molecular weight excluding hydrogens is 386 g/mol. The number of anilines is 1. The van der Waals surface area contributed by atoms with E-state index in [1.54, 1.807) is 12.5 Å². The summed E-state index contributed by atoms with van der Waals surface area (Å²) in [7, 11) is 0. The van der Waals surface area contributed by atoms with Gasteiger partial charge in [0.05, 0.1) is 18.1 Å². The second kappa shape index (κ2) is 7.10. The number of rotatable bonds is 4. The highest BCUT2D eigenvalue weighted by atomic mass is 35.5. The van der Waals surface area contributed by atoms with E-state index in [2.05, 4.69) is 35.2 Å². The summed E-state index contributed by atoms with van der Waals surface area (Å²) in [6, 6.07) is 11.9. The number of hydrogen-bond acceptors (Lipinski definition) is 6. The largest absolute Gasteiger partial charge is 0.360 e. The highest BCUT2D eigenvalue weighted by Crippen LogP contribution is 2.34. The van der Waals surface area contributed by atoms with Crippen molar-refractivity contribution < 1.29 is 0 Å². The standard InChI is InChI=1S/C21H16ClN7/c1-12(28-21-18-20(25-10-24-18)26-11-27-21)16-8-13-4-2-6-15(17(13)19(22)29-16)14-5-3-7-23-9-14/h2-12H,1H3,(H2,24,25,26,27,28). The summed E-state index contributed by atoms with van der Waals surface area (Å²) in [5.74, 6) is 0.669. The van der Waals surface area contributed by atoms with Gasteiger partial charge in [0.25, 0.3) is 0 Å². The summed E-state index contributed by atoms with van der Waals surface area (Å²) in [6.07, 6.45) is 6.66. The Morgan fingerprint density at radius 2 is 2.03 bits per heavy atom. The second-order valence-electron chi connectivity index (χ2n) is 6.67. The smallest absolute Gasteiger partial charge is 0.182 e. The molecule has 1 aromatic carbocycles. The number of aromatic nitrogens is 6. The van der Waals surface area contributed by atoms with Crippen LogP contribution < -0.4 is 5.32 Å². The average molecular weight is 402 g/mol. The number of aromatic amines is 1. The molecule has 0 aliphatic heterocycles. The maximum Gasteiger partial charge on any atom is 0.182 e. The van der Waals surface area contributed by atoms with Gasteiger partial charge in [-0.15, -0.1) is 0 Å². The molecule has 142 valence electrons. The molecule has 5 aromatic rings. The lowest BCUT2D eigenvalue weighted by atomic mass is 10.00. The lowest BCUT2D eigenvalue weighted by molar-refractivity contribution is 0.836. The van der Waals surface area contributed by atoms with Crippen LogP contribution in [0.15, 0.2) is 61.4 Å². The fourth-order valence-electron chi connectivity index (χ4n) is 3.42. The Balaban J connectivity index is 1.55. The Bertz CT molecular complexity index is 1320. The molecule has 29 heavy (non-hydrogen) atoms. The van der Waals surface area contributed by atoms with Crippen molar-refractivity contribution in [1.29, 1.82) is 0 Å². The number of nitrogens with one attached hydrogen (secondary N) is 2. The molecule has 0 aliphatic carbocycles. The molecule has 0 saturated carbocycles. The normalized spacial score (nSPS) is 12.3. The first-order valence-corrected chi connectivity index (χ1v) is 9.48. The summed E-state index contributed by atoms with van der Waals surface area (Å²) < 4.78 is 0. The van der Waals surface area contributed by atoms with Crippen molar-refractivity contribution in [3.63, 3.8) is 0 Å². The molecule has 4 heterocycles. The predicted molar refractivity (Wildman–Crippen MR) is 114 cm³/mol. The summed E-state index contributed by atoms with van der Waals surface area (Å²) in [4.78, 5) is 24.6. The molecule has 0 bridgehead atoms. The zero-order chi connectivity index (χ0) is 19.8. The van der Waals surface area contributed by atoms with Gasteiger partial charge in [0.15, 0.2) is 11.5 Å². The monoisotopic (exact) mass is 401 g/mol. The van der Waals surface area contributed by atoms with Crippen LogP contribution in [0.25, 0.3) is 33.1 Å². The number of imidazole rings is 1. The van der Waals surface area contributed by atoms with E-state index in [1.165, 1.54) is 6.33 Å². The maximum atomic E-state index is 6.64. The lowest BCUT2D eigenvalue weighted by Crippen LogP contribution is -2.10. The minimum absolute atomic E-state index is 0.125. The van der Waals surface area contributed by atoms with Crippen LogP contribution in [0.2, 0.25) is 5.15 Å². The van der Waals surface area contributed by atoms with E-state index in [0.717, 1.165) is 33.1 Å². The van der Waals surface area contributed by atoms with Gasteiger partial charge < -0.3 is 10.3 Å². The van der Waals surface area contributed by atoms with Crippen LogP contribution in [0.3, 0.4) is 0 Å². The van der Waals surface area contributed by atoms with Crippen LogP contribution in [0.5, 0.6) is 0 Å². The summed E-state index contributed by atoms with van der Waals surface area (Å²) >= 11 is 6.64. The Morgan fingerprint density at radius 3 is 2.90 bits per heavy atom. The van der Waals surface area contributed by atoms with E-state index in [9.17, 15) is 0 Å². The Kier molecular flexibility index (Phi) is 4.29. The highest BCUT2D eigenvalue weighted by molar-refractivity contribution is 6.35. The molecule has 0 amide bonds. The maximum absolute atomic E-state index is 6.64. The van der Waals surface area contributed by atoms with Gasteiger partial charge in [-0.05, 0) is 30.0 Å². The van der Waals surface area contributed by atoms with Crippen LogP contribution in [-0.4, -0.2) is 29.9 Å². The first-order valence-electron chi connectivity index (χ1n) is 9.11. The fourth-order valence-corrected chi connectivity index (χ4v) is 3.73. The molecule has 8 heteroatoms. The third-order valence-corrected chi connectivity index (χ3v) is 5.10. The van der Waals surface area contributed by atoms with Gasteiger partial charge in [0.1, 0.15) is 17.0 Å². The molecular formula is C21H16ClN7. The third kappa shape index (κ3) is 3.15. The molecule has 5 rings (SSSR count). The number of hydrogen-bond donors (Lipinski definition) is 2. The van der Waals surface area contributed by atoms with E-state index in [0.29, 0.717) is 16.6 Å². The Hall–Kier alpha value is -3.58. The van der Waals surface area contributed by atoms with Gasteiger partial charge in [-0.2, -0.15) is 0 Å². The van der Waals surface area contributed by atoms with Gasteiger partial charge in [-0.3, -0.25) is 4.98 Å². The minimum atomic E-state index is -0.125. The number of nitrogens with zero attached hydrogens (tertiary/aromatic N) is 5. The van der Waals surface area contributed by atoms with E-state index in [-0.39, 0.29) is 6.04 Å². The average Bonchev–Trinajstić information content (AvgIpc) is 3.24. The first-order chi connectivity index (χ1) is 14.2. The zero-order valence-corrected chi connectivity index (χ0v) is 16.2. The molecule has 0 saturated heterocycles. The molecule has 0 radical (unpaired) electrons. The van der Waals surface area contributed by atoms with E-state index >= 15 is 0 Å². The van der Waals surface area contributed by atoms with E-state index in [4.69, 9.17) is 11.6 Å². The SMILES string of the molecule is CC(Nc1ncnc2nc[nH]c12)c1cc2cccc(-c3cccnc3)c2c(Cl)n1. The Labute approximate surface area is 171 Å². The van der Waals surface area contributed by atoms with Crippen LogP contribution >= 0.6 is 11.6 Å². The molecule has 2 N–H and O–H groups in total. The Morgan fingerprint density at radius 1 is 1.10 bits per heavy atom. The quantitative estimate of drug-likeness (QED) is 0.420. The van der Waals surface area contributed by atoms with E-state index < -0.39 is 0 Å². The molecule has 0 spiro atoms. The summed E-state index contributed by atoms with van der Waals surface area (Å²) in [5, 5.41) is 5.76. The van der Waals surface area contributed by atoms with Gasteiger partial charge in [0, 0.05) is 23.3 Å². The van der Waals surface area contributed by atoms with Gasteiger partial charge >= 0.3 is 0 Å². The van der Waals surface area contributed by atoms with Crippen molar-refractivity contribution in [3.05, 3.63) is 72.3 Å². The van der Waals surface area contributed by atoms with Gasteiger partial charge in [0.2, 0.25) is 0 Å². The van der Waals surface area contributed by atoms with Crippen molar-refractivity contribution in [2.75, 3.05) is 5.32 Å². The molecule has 0 fully saturated rings. The topological polar surface area (TPSA) is 92.3 Å². The van der Waals surface area contributed by atoms with Gasteiger partial charge in [-0.1, -0.05) is 35.9 Å². The molecule has 4 aromatic heterocycles. The number of halogens is 1. The number of fused-ring (bicyclic) bond motifs is 2.